The van der Waals surface area contributed by atoms with Gasteiger partial charge in [0.1, 0.15) is 0 Å². The lowest BCUT2D eigenvalue weighted by molar-refractivity contribution is -0.120. The van der Waals surface area contributed by atoms with E-state index in [1.165, 1.54) is 56.9 Å². The molecule has 796 valence electrons. The van der Waals surface area contributed by atoms with Crippen LogP contribution < -0.4 is 52.2 Å². The van der Waals surface area contributed by atoms with E-state index >= 15 is 0 Å². The van der Waals surface area contributed by atoms with Crippen LogP contribution in [-0.4, -0.2) is 250 Å². The molecule has 0 radical (unpaired) electrons. The van der Waals surface area contributed by atoms with Gasteiger partial charge >= 0.3 is 0 Å². The molecule has 5 aromatic carbocycles. The van der Waals surface area contributed by atoms with Crippen LogP contribution in [0.15, 0.2) is 122 Å². The van der Waals surface area contributed by atoms with Gasteiger partial charge in [0, 0.05) is 228 Å². The number of amides is 5. The van der Waals surface area contributed by atoms with E-state index in [1.54, 1.807) is 41.8 Å². The number of rotatable bonds is 31. The fraction of sp³-hybridized carbons (Fsp3) is 0.538. The van der Waals surface area contributed by atoms with E-state index in [-0.39, 0.29) is 72.4 Å². The highest BCUT2D eigenvalue weighted by Crippen LogP contribution is 2.41. The highest BCUT2D eigenvalue weighted by atomic mass is 35.5. The number of nitrogens with one attached hydrogen (secondary N) is 5. The molecule has 14 rings (SSSR count). The van der Waals surface area contributed by atoms with Crippen molar-refractivity contribution in [3.05, 3.63) is 250 Å². The number of hydrogen-bond donors (Lipinski definition) is 5. The van der Waals surface area contributed by atoms with Crippen LogP contribution in [0, 0.1) is 87.5 Å². The van der Waals surface area contributed by atoms with Crippen LogP contribution in [0.5, 0.6) is 0 Å². The number of benzene rings is 5. The van der Waals surface area contributed by atoms with E-state index in [0.717, 1.165) is 206 Å². The number of halogens is 2. The SMILES string of the molecule is C#Cc1cc(C(=O)NCc2c(C)cc(C)[nH]c2=O)c(C)c(N(CC)C2CCC(N(C)C)CC2)c1.CCN(c1cc(-c2ccc(CN3CCOCC3)cc2)cc(C(=O)NCC2C(=O)N=C(C)C=C2C)c1C)C1CCC(N(C)C)CC1.CCN(c1cc(Cl)cc(C(=O)N(C)Cc2c(C)cc(C)[nH]c2=O)c1C)C1CCC(N(C)C)CC1.CCN(c1cc(Cl)cc(C(=O)NCc2c(C)cc(C)n(C)c2=O)c1C)C1CCC(N(C)C)CC1. The number of aromatic nitrogens is 3. The molecule has 1 saturated heterocycles. The molecule has 4 aliphatic carbocycles. The summed E-state index contributed by atoms with van der Waals surface area (Å²) in [6, 6.07) is 34.4. The second kappa shape index (κ2) is 53.4. The monoisotopic (exact) mass is 2050 g/mol. The van der Waals surface area contributed by atoms with E-state index in [1.807, 2.05) is 125 Å². The number of allylic oxidation sites excluding steroid dienone is 1. The minimum absolute atomic E-state index is 0.0770. The highest BCUT2D eigenvalue weighted by Gasteiger charge is 2.36. The number of ether oxygens (including phenoxy) is 1. The first-order valence-corrected chi connectivity index (χ1v) is 54.0. The van der Waals surface area contributed by atoms with Gasteiger partial charge in [0.15, 0.2) is 0 Å². The van der Waals surface area contributed by atoms with Crippen molar-refractivity contribution >= 4 is 81.2 Å². The van der Waals surface area contributed by atoms with Crippen molar-refractivity contribution in [1.29, 1.82) is 0 Å². The van der Waals surface area contributed by atoms with E-state index in [0.29, 0.717) is 109 Å². The Bertz CT molecular complexity index is 6230. The molecule has 2 aliphatic heterocycles. The molecule has 6 aliphatic rings. The van der Waals surface area contributed by atoms with Gasteiger partial charge in [0.05, 0.1) is 25.7 Å². The van der Waals surface area contributed by atoms with E-state index in [4.69, 9.17) is 34.4 Å². The van der Waals surface area contributed by atoms with Crippen molar-refractivity contribution in [2.45, 2.75) is 288 Å². The number of dihydropyridines is 1. The molecule has 5 fully saturated rings. The Morgan fingerprint density at radius 1 is 0.449 bits per heavy atom. The first-order chi connectivity index (χ1) is 69.9. The molecule has 26 nitrogen and oxygen atoms in total. The normalized spacial score (nSPS) is 19.5. The van der Waals surface area contributed by atoms with Crippen LogP contribution in [0.25, 0.3) is 11.1 Å². The molecular formula is C119H167Cl2N17O9. The summed E-state index contributed by atoms with van der Waals surface area (Å²) in [5.41, 5.74) is 22.6. The third-order valence-electron chi connectivity index (χ3n) is 31.9. The van der Waals surface area contributed by atoms with Crippen LogP contribution in [0.4, 0.5) is 22.7 Å². The van der Waals surface area contributed by atoms with Gasteiger partial charge in [0.2, 0.25) is 0 Å². The number of carbonyl (C=O) groups is 5. The van der Waals surface area contributed by atoms with E-state index in [2.05, 4.69) is 202 Å². The average Bonchev–Trinajstić information content (AvgIpc) is 0.737. The van der Waals surface area contributed by atoms with Crippen LogP contribution >= 0.6 is 23.2 Å². The summed E-state index contributed by atoms with van der Waals surface area (Å²) in [5, 5.41) is 10.1. The molecule has 147 heavy (non-hydrogen) atoms. The lowest BCUT2D eigenvalue weighted by Crippen LogP contribution is -2.42. The van der Waals surface area contributed by atoms with Crippen molar-refractivity contribution in [3.63, 3.8) is 0 Å². The third kappa shape index (κ3) is 29.6. The summed E-state index contributed by atoms with van der Waals surface area (Å²) in [5.74, 6) is 1.38. The summed E-state index contributed by atoms with van der Waals surface area (Å²) >= 11 is 13.1. The van der Waals surface area contributed by atoms with E-state index < -0.39 is 5.92 Å². The summed E-state index contributed by atoms with van der Waals surface area (Å²) in [6.07, 6.45) is 26.1. The topological polar surface area (TPSA) is 263 Å². The van der Waals surface area contributed by atoms with Crippen molar-refractivity contribution in [3.8, 4) is 23.5 Å². The fourth-order valence-electron chi connectivity index (χ4n) is 22.9. The number of aliphatic imine (C=N–C) groups is 1. The molecule has 28 heteroatoms. The van der Waals surface area contributed by atoms with Crippen molar-refractivity contribution in [2.24, 2.45) is 18.0 Å². The fourth-order valence-corrected chi connectivity index (χ4v) is 23.3. The van der Waals surface area contributed by atoms with Gasteiger partial charge in [-0.2, -0.15) is 0 Å². The molecule has 5 N–H and O–H groups in total. The first kappa shape index (κ1) is 116. The first-order valence-electron chi connectivity index (χ1n) is 53.3. The third-order valence-corrected chi connectivity index (χ3v) is 32.4. The van der Waals surface area contributed by atoms with Gasteiger partial charge in [-0.05, 0) is 398 Å². The van der Waals surface area contributed by atoms with Gasteiger partial charge in [-0.1, -0.05) is 59.0 Å². The second-order valence-electron chi connectivity index (χ2n) is 42.6. The Hall–Kier alpha value is -11.0. The summed E-state index contributed by atoms with van der Waals surface area (Å²) in [4.78, 5) is 137. The Morgan fingerprint density at radius 3 is 1.24 bits per heavy atom. The van der Waals surface area contributed by atoms with Crippen LogP contribution in [-0.2, 0) is 42.8 Å². The minimum Gasteiger partial charge on any atom is -0.379 e. The van der Waals surface area contributed by atoms with Gasteiger partial charge in [0.25, 0.3) is 46.2 Å². The number of nitrogens with zero attached hydrogens (tertiary/aromatic N) is 12. The predicted octanol–water partition coefficient (Wildman–Crippen LogP) is 18.9. The highest BCUT2D eigenvalue weighted by molar-refractivity contribution is 6.32. The molecule has 8 aromatic rings. The molecular weight excluding hydrogens is 1880 g/mol. The standard InChI is InChI=1S/C37H51N5O3.C28H38N4O2.2C27H39ClN4O2/c1-7-42(32-14-12-31(13-15-32)40(5)6)35-22-30(29-10-8-28(9-11-29)24-41-16-18-45-19-17-41)21-33(27(35)4)36(43)38-23-34-25(2)20-26(3)39-37(34)44;1-8-21-15-24(27(33)29-17-25-18(3)14-19(4)30-28(25)34)20(5)26(16-21)32(9-2)23-12-10-22(11-13-23)31(6)7;1-8-32(22-11-9-21(10-12-22)30(5)6)25-15-20(28)14-23(19(25)4)27(34)31(7)16-24-17(2)13-18(3)29-26(24)33;1-8-32(22-11-9-21(10-12-22)30(5)6)25-15-20(28)14-23(19(25)4)26(33)29-16-24-17(2)13-18(3)31(7)27(24)34/h8-11,20-22,31-32,34H,7,12-19,23-24H2,1-6H3,(H,38,43);1,14-16,22-23H,9-13,17H2,2-7H3,(H,29,33)(H,30,34);2*13-15,21-22H,8-12,16H2,1-7H3,(H,29,33). The lowest BCUT2D eigenvalue weighted by atomic mass is 9.88. The second-order valence-corrected chi connectivity index (χ2v) is 43.4. The number of H-pyrrole nitrogens is 2. The van der Waals surface area contributed by atoms with Crippen molar-refractivity contribution in [2.75, 3.05) is 142 Å². The summed E-state index contributed by atoms with van der Waals surface area (Å²) < 4.78 is 7.13. The maximum Gasteiger partial charge on any atom is 0.255 e. The zero-order chi connectivity index (χ0) is 107. The lowest BCUT2D eigenvalue weighted by Gasteiger charge is -2.40. The van der Waals surface area contributed by atoms with Crippen LogP contribution in [0.2, 0.25) is 10.0 Å². The largest absolute Gasteiger partial charge is 0.379 e. The maximum atomic E-state index is 13.9. The zero-order valence-corrected chi connectivity index (χ0v) is 94.3. The predicted molar refractivity (Wildman–Crippen MR) is 605 cm³/mol. The van der Waals surface area contributed by atoms with Gasteiger partial charge in [-0.3, -0.25) is 43.3 Å². The Kier molecular flexibility index (Phi) is 42.3. The maximum absolute atomic E-state index is 13.9. The number of terminal acetylenes is 1. The number of aromatic amines is 2. The molecule has 0 spiro atoms. The Labute approximate surface area is 885 Å². The van der Waals surface area contributed by atoms with Crippen molar-refractivity contribution < 1.29 is 28.7 Å². The quantitative estimate of drug-likeness (QED) is 0.0253. The molecule has 3 aromatic heterocycles. The van der Waals surface area contributed by atoms with Crippen LogP contribution in [0.3, 0.4) is 0 Å². The van der Waals surface area contributed by atoms with Gasteiger partial charge in [-0.15, -0.1) is 6.42 Å². The molecule has 4 saturated carbocycles. The summed E-state index contributed by atoms with van der Waals surface area (Å²) in [6.45, 7) is 40.5. The average molecular weight is 2050 g/mol. The summed E-state index contributed by atoms with van der Waals surface area (Å²) in [7, 11) is 20.8. The number of carbonyl (C=O) groups excluding carboxylic acids is 5. The Morgan fingerprint density at radius 2 is 0.823 bits per heavy atom. The number of morpholine rings is 1. The van der Waals surface area contributed by atoms with Gasteiger partial charge < -0.3 is 79.3 Å². The molecule has 5 heterocycles. The smallest absolute Gasteiger partial charge is 0.255 e. The van der Waals surface area contributed by atoms with E-state index in [9.17, 15) is 38.4 Å². The van der Waals surface area contributed by atoms with Gasteiger partial charge in [-0.25, -0.2) is 4.99 Å². The number of hydrogen-bond acceptors (Lipinski definition) is 18. The Balaban J connectivity index is 0.000000188. The van der Waals surface area contributed by atoms with Crippen LogP contribution in [0.1, 0.15) is 270 Å². The molecule has 1 unspecified atom stereocenters. The van der Waals surface area contributed by atoms with Crippen molar-refractivity contribution in [1.82, 2.24) is 59.9 Å². The number of pyridine rings is 3. The number of anilines is 4. The minimum atomic E-state index is -0.432. The zero-order valence-electron chi connectivity index (χ0n) is 92.8. The molecule has 5 amide bonds. The molecule has 1 atom stereocenters. The molecule has 0 bridgehead atoms. The number of aryl methyl sites for hydroxylation is 6.